The van der Waals surface area contributed by atoms with Crippen LogP contribution in [0.1, 0.15) is 20.7 Å². The van der Waals surface area contributed by atoms with Crippen molar-refractivity contribution in [1.29, 1.82) is 0 Å². The molecule has 1 heterocycles. The lowest BCUT2D eigenvalue weighted by atomic mass is 10.0. The molecule has 0 aliphatic carbocycles. The van der Waals surface area contributed by atoms with Gasteiger partial charge in [0.2, 0.25) is 11.6 Å². The van der Waals surface area contributed by atoms with Crippen molar-refractivity contribution in [2.45, 2.75) is 0 Å². The molecule has 6 heteroatoms. The first-order valence-electron chi connectivity index (χ1n) is 8.09. The zero-order chi connectivity index (χ0) is 18.8. The van der Waals surface area contributed by atoms with Gasteiger partial charge in [-0.15, -0.1) is 0 Å². The Kier molecular flexibility index (Phi) is 7.42. The van der Waals surface area contributed by atoms with Crippen LogP contribution in [0.2, 0.25) is 0 Å². The molecule has 0 bridgehead atoms. The van der Waals surface area contributed by atoms with E-state index in [4.69, 9.17) is 5.73 Å². The third-order valence-corrected chi connectivity index (χ3v) is 3.50. The first-order valence-corrected chi connectivity index (χ1v) is 8.09. The van der Waals surface area contributed by atoms with E-state index >= 15 is 0 Å². The van der Waals surface area contributed by atoms with Crippen LogP contribution in [0, 0.1) is 0 Å². The number of imidazole rings is 1. The van der Waals surface area contributed by atoms with Crippen LogP contribution in [0.3, 0.4) is 0 Å². The molecular weight excluding hydrogens is 330 g/mol. The first-order chi connectivity index (χ1) is 12.7. The van der Waals surface area contributed by atoms with E-state index in [1.165, 1.54) is 0 Å². The molecule has 0 aliphatic rings. The number of methoxy groups -OCH3 is 1. The maximum absolute atomic E-state index is 12.2. The molecule has 0 aliphatic heterocycles. The number of nitrogens with zero attached hydrogens (tertiary/aromatic N) is 2. The predicted molar refractivity (Wildman–Crippen MR) is 99.6 cm³/mol. The van der Waals surface area contributed by atoms with Crippen LogP contribution in [-0.2, 0) is 4.74 Å². The molecule has 6 nitrogen and oxygen atoms in total. The molecule has 0 spiro atoms. The van der Waals surface area contributed by atoms with Crippen molar-refractivity contribution in [3.8, 4) is 5.69 Å². The highest BCUT2D eigenvalue weighted by atomic mass is 16.5. The molecule has 0 radical (unpaired) electrons. The fourth-order valence-corrected chi connectivity index (χ4v) is 2.17. The molecular formula is C20H21N3O3. The Balaban J connectivity index is 0.000000431. The summed E-state index contributed by atoms with van der Waals surface area (Å²) in [6, 6.07) is 15.4. The first kappa shape index (κ1) is 19.2. The lowest BCUT2D eigenvalue weighted by Crippen LogP contribution is -2.14. The smallest absolute Gasteiger partial charge is 0.233 e. The van der Waals surface area contributed by atoms with Gasteiger partial charge in [0.25, 0.3) is 0 Å². The highest BCUT2D eigenvalue weighted by Gasteiger charge is 2.17. The second-order valence-corrected chi connectivity index (χ2v) is 5.32. The molecule has 0 fully saturated rings. The molecule has 134 valence electrons. The number of ketones is 2. The largest absolute Gasteiger partial charge is 0.383 e. The van der Waals surface area contributed by atoms with Crippen molar-refractivity contribution >= 4 is 11.6 Å². The summed E-state index contributed by atoms with van der Waals surface area (Å²) in [5.41, 5.74) is 6.69. The summed E-state index contributed by atoms with van der Waals surface area (Å²) in [4.78, 5) is 28.2. The molecule has 26 heavy (non-hydrogen) atoms. The molecule has 1 aromatic heterocycles. The Bertz CT molecular complexity index is 811. The molecule has 0 saturated carbocycles. The summed E-state index contributed by atoms with van der Waals surface area (Å²) in [6.45, 7) is 1.29. The standard InChI is InChI=1S/C17H12N2O2.C3H9NO/c20-16(13-4-2-1-3-5-13)17(21)14-6-8-15(9-7-14)19-11-10-18-12-19;1-5-3-2-4/h1-12H;2-4H2,1H3. The number of benzene rings is 2. The van der Waals surface area contributed by atoms with Gasteiger partial charge in [-0.05, 0) is 24.3 Å². The lowest BCUT2D eigenvalue weighted by molar-refractivity contribution is 0.0817. The Labute approximate surface area is 152 Å². The van der Waals surface area contributed by atoms with E-state index in [1.54, 1.807) is 74.2 Å². The Morgan fingerprint density at radius 2 is 1.62 bits per heavy atom. The summed E-state index contributed by atoms with van der Waals surface area (Å²) in [5, 5.41) is 0. The Morgan fingerprint density at radius 3 is 2.08 bits per heavy atom. The average molecular weight is 351 g/mol. The van der Waals surface area contributed by atoms with Crippen molar-refractivity contribution in [2.24, 2.45) is 5.73 Å². The number of nitrogens with two attached hydrogens (primary N) is 1. The van der Waals surface area contributed by atoms with Crippen LogP contribution in [0.15, 0.2) is 73.3 Å². The van der Waals surface area contributed by atoms with Crippen LogP contribution >= 0.6 is 0 Å². The number of carbonyl (C=O) groups is 2. The van der Waals surface area contributed by atoms with E-state index < -0.39 is 11.6 Å². The third-order valence-electron chi connectivity index (χ3n) is 3.50. The number of Topliss-reactive ketones (excluding diaryl/α,β-unsaturated/α-hetero) is 2. The number of rotatable bonds is 6. The van der Waals surface area contributed by atoms with Crippen LogP contribution in [-0.4, -0.2) is 41.4 Å². The summed E-state index contributed by atoms with van der Waals surface area (Å²) in [6.07, 6.45) is 5.16. The summed E-state index contributed by atoms with van der Waals surface area (Å²) in [7, 11) is 1.63. The quantitative estimate of drug-likeness (QED) is 0.545. The maximum Gasteiger partial charge on any atom is 0.233 e. The predicted octanol–water partition coefficient (Wildman–Crippen LogP) is 2.53. The van der Waals surface area contributed by atoms with Crippen LogP contribution in [0.25, 0.3) is 5.69 Å². The number of hydrogen-bond acceptors (Lipinski definition) is 5. The normalized spacial score (nSPS) is 9.92. The van der Waals surface area contributed by atoms with Gasteiger partial charge in [0.15, 0.2) is 0 Å². The minimum atomic E-state index is -0.501. The summed E-state index contributed by atoms with van der Waals surface area (Å²) in [5.74, 6) is -0.996. The Morgan fingerprint density at radius 1 is 1.00 bits per heavy atom. The van der Waals surface area contributed by atoms with Gasteiger partial charge in [-0.2, -0.15) is 0 Å². The van der Waals surface area contributed by atoms with E-state index in [0.717, 1.165) is 5.69 Å². The van der Waals surface area contributed by atoms with Crippen molar-refractivity contribution < 1.29 is 14.3 Å². The van der Waals surface area contributed by atoms with Crippen molar-refractivity contribution in [2.75, 3.05) is 20.3 Å². The summed E-state index contributed by atoms with van der Waals surface area (Å²) < 4.78 is 6.39. The number of aromatic nitrogens is 2. The van der Waals surface area contributed by atoms with Crippen LogP contribution in [0.4, 0.5) is 0 Å². The van der Waals surface area contributed by atoms with Crippen LogP contribution in [0.5, 0.6) is 0 Å². The minimum Gasteiger partial charge on any atom is -0.383 e. The molecule has 3 rings (SSSR count). The molecule has 0 amide bonds. The van der Waals surface area contributed by atoms with Crippen molar-refractivity contribution in [1.82, 2.24) is 9.55 Å². The molecule has 0 atom stereocenters. The number of hydrogen-bond donors (Lipinski definition) is 1. The third kappa shape index (κ3) is 5.20. The van der Waals surface area contributed by atoms with Gasteiger partial charge in [-0.1, -0.05) is 30.3 Å². The van der Waals surface area contributed by atoms with E-state index in [-0.39, 0.29) is 0 Å². The summed E-state index contributed by atoms with van der Waals surface area (Å²) >= 11 is 0. The van der Waals surface area contributed by atoms with Crippen LogP contribution < -0.4 is 5.73 Å². The van der Waals surface area contributed by atoms with E-state index in [0.29, 0.717) is 24.3 Å². The topological polar surface area (TPSA) is 87.2 Å². The van der Waals surface area contributed by atoms with Crippen molar-refractivity contribution in [3.05, 3.63) is 84.4 Å². The van der Waals surface area contributed by atoms with Gasteiger partial charge in [-0.25, -0.2) is 4.98 Å². The minimum absolute atomic E-state index is 0.382. The Hall–Kier alpha value is -3.09. The molecule has 3 aromatic rings. The molecule has 0 saturated heterocycles. The zero-order valence-electron chi connectivity index (χ0n) is 14.5. The average Bonchev–Trinajstić information content (AvgIpc) is 3.24. The van der Waals surface area contributed by atoms with Gasteiger partial charge < -0.3 is 15.0 Å². The molecule has 2 N–H and O–H groups in total. The van der Waals surface area contributed by atoms with E-state index in [9.17, 15) is 9.59 Å². The van der Waals surface area contributed by atoms with E-state index in [2.05, 4.69) is 9.72 Å². The number of ether oxygens (including phenoxy) is 1. The van der Waals surface area contributed by atoms with Gasteiger partial charge >= 0.3 is 0 Å². The zero-order valence-corrected chi connectivity index (χ0v) is 14.5. The van der Waals surface area contributed by atoms with Crippen molar-refractivity contribution in [3.63, 3.8) is 0 Å². The molecule has 0 unspecified atom stereocenters. The second-order valence-electron chi connectivity index (χ2n) is 5.32. The number of carbonyl (C=O) groups excluding carboxylic acids is 2. The lowest BCUT2D eigenvalue weighted by Gasteiger charge is -2.04. The van der Waals surface area contributed by atoms with E-state index in [1.807, 2.05) is 10.8 Å². The fourth-order valence-electron chi connectivity index (χ4n) is 2.17. The van der Waals surface area contributed by atoms with Gasteiger partial charge in [-0.3, -0.25) is 9.59 Å². The highest BCUT2D eigenvalue weighted by molar-refractivity contribution is 6.49. The second kappa shape index (κ2) is 10.0. The highest BCUT2D eigenvalue weighted by Crippen LogP contribution is 2.12. The SMILES string of the molecule is COCCN.O=C(C(=O)c1ccc(-n2ccnc2)cc1)c1ccccc1. The maximum atomic E-state index is 12.2. The van der Waals surface area contributed by atoms with Gasteiger partial charge in [0.1, 0.15) is 0 Å². The molecule has 2 aromatic carbocycles. The monoisotopic (exact) mass is 351 g/mol. The van der Waals surface area contributed by atoms with Gasteiger partial charge in [0, 0.05) is 42.9 Å². The fraction of sp³-hybridized carbons (Fsp3) is 0.150. The van der Waals surface area contributed by atoms with Gasteiger partial charge in [0.05, 0.1) is 12.9 Å².